The molecule has 1 amide bonds. The molecule has 1 N–H and O–H groups in total. The predicted octanol–water partition coefficient (Wildman–Crippen LogP) is 2.42. The Morgan fingerprint density at radius 1 is 1.13 bits per heavy atom. The zero-order valence-electron chi connectivity index (χ0n) is 12.7. The molecule has 4 rings (SSSR count). The molecule has 1 saturated heterocycles. The SMILES string of the molecule is COc1ccccc1[C@H]1C(=O)NC[C@@H]1c1ccc2c(c1)OCO2. The molecule has 5 nitrogen and oxygen atoms in total. The van der Waals surface area contributed by atoms with Crippen LogP contribution in [0.3, 0.4) is 0 Å². The van der Waals surface area contributed by atoms with E-state index in [1.807, 2.05) is 42.5 Å². The van der Waals surface area contributed by atoms with Crippen molar-refractivity contribution in [1.29, 1.82) is 0 Å². The fourth-order valence-corrected chi connectivity index (χ4v) is 3.36. The minimum absolute atomic E-state index is 0.0252. The lowest BCUT2D eigenvalue weighted by molar-refractivity contribution is -0.120. The molecule has 1 fully saturated rings. The Bertz CT molecular complexity index is 758. The number of amides is 1. The highest BCUT2D eigenvalue weighted by atomic mass is 16.7. The zero-order valence-corrected chi connectivity index (χ0v) is 12.7. The van der Waals surface area contributed by atoms with Crippen LogP contribution in [0, 0.1) is 0 Å². The molecule has 0 saturated carbocycles. The molecule has 2 heterocycles. The summed E-state index contributed by atoms with van der Waals surface area (Å²) >= 11 is 0. The van der Waals surface area contributed by atoms with E-state index in [0.29, 0.717) is 6.54 Å². The quantitative estimate of drug-likeness (QED) is 0.946. The van der Waals surface area contributed by atoms with Gasteiger partial charge in [0.15, 0.2) is 11.5 Å². The van der Waals surface area contributed by atoms with Crippen molar-refractivity contribution in [2.45, 2.75) is 11.8 Å². The van der Waals surface area contributed by atoms with E-state index >= 15 is 0 Å². The van der Waals surface area contributed by atoms with Crippen molar-refractivity contribution < 1.29 is 19.0 Å². The lowest BCUT2D eigenvalue weighted by Gasteiger charge is -2.20. The molecule has 118 valence electrons. The molecule has 0 unspecified atom stereocenters. The largest absolute Gasteiger partial charge is 0.496 e. The summed E-state index contributed by atoms with van der Waals surface area (Å²) in [4.78, 5) is 12.4. The van der Waals surface area contributed by atoms with E-state index in [4.69, 9.17) is 14.2 Å². The highest BCUT2D eigenvalue weighted by Gasteiger charge is 2.38. The number of nitrogens with one attached hydrogen (secondary N) is 1. The molecule has 0 radical (unpaired) electrons. The molecule has 0 aliphatic carbocycles. The van der Waals surface area contributed by atoms with Crippen LogP contribution in [-0.4, -0.2) is 26.4 Å². The number of hydrogen-bond donors (Lipinski definition) is 1. The summed E-state index contributed by atoms with van der Waals surface area (Å²) in [7, 11) is 1.63. The fourth-order valence-electron chi connectivity index (χ4n) is 3.36. The first-order valence-corrected chi connectivity index (χ1v) is 7.58. The average molecular weight is 311 g/mol. The topological polar surface area (TPSA) is 56.8 Å². The first kappa shape index (κ1) is 13.9. The summed E-state index contributed by atoms with van der Waals surface area (Å²) < 4.78 is 16.3. The van der Waals surface area contributed by atoms with Gasteiger partial charge >= 0.3 is 0 Å². The minimum atomic E-state index is -0.272. The van der Waals surface area contributed by atoms with Crippen molar-refractivity contribution in [1.82, 2.24) is 5.32 Å². The van der Waals surface area contributed by atoms with Gasteiger partial charge < -0.3 is 19.5 Å². The summed E-state index contributed by atoms with van der Waals surface area (Å²) in [6.07, 6.45) is 0. The van der Waals surface area contributed by atoms with Crippen LogP contribution in [0.5, 0.6) is 17.2 Å². The second-order valence-corrected chi connectivity index (χ2v) is 5.68. The Kier molecular flexibility index (Phi) is 3.33. The van der Waals surface area contributed by atoms with E-state index < -0.39 is 0 Å². The highest BCUT2D eigenvalue weighted by Crippen LogP contribution is 2.43. The summed E-state index contributed by atoms with van der Waals surface area (Å²) in [6, 6.07) is 13.5. The van der Waals surface area contributed by atoms with Crippen LogP contribution in [0.2, 0.25) is 0 Å². The normalized spacial score (nSPS) is 22.0. The second-order valence-electron chi connectivity index (χ2n) is 5.68. The predicted molar refractivity (Wildman–Crippen MR) is 84.1 cm³/mol. The number of para-hydroxylation sites is 1. The van der Waals surface area contributed by atoms with Crippen LogP contribution in [0.1, 0.15) is 23.0 Å². The van der Waals surface area contributed by atoms with E-state index in [1.54, 1.807) is 7.11 Å². The maximum Gasteiger partial charge on any atom is 0.231 e. The van der Waals surface area contributed by atoms with E-state index in [1.165, 1.54) is 0 Å². The van der Waals surface area contributed by atoms with E-state index in [-0.39, 0.29) is 24.5 Å². The van der Waals surface area contributed by atoms with Crippen LogP contribution >= 0.6 is 0 Å². The van der Waals surface area contributed by atoms with Crippen molar-refractivity contribution in [3.63, 3.8) is 0 Å². The second kappa shape index (κ2) is 5.50. The minimum Gasteiger partial charge on any atom is -0.496 e. The Morgan fingerprint density at radius 3 is 2.83 bits per heavy atom. The van der Waals surface area contributed by atoms with Crippen molar-refractivity contribution >= 4 is 5.91 Å². The first-order chi connectivity index (χ1) is 11.3. The fraction of sp³-hybridized carbons (Fsp3) is 0.278. The van der Waals surface area contributed by atoms with Crippen molar-refractivity contribution in [2.24, 2.45) is 0 Å². The number of ether oxygens (including phenoxy) is 3. The van der Waals surface area contributed by atoms with Crippen LogP contribution in [-0.2, 0) is 4.79 Å². The van der Waals surface area contributed by atoms with Gasteiger partial charge in [-0.25, -0.2) is 0 Å². The van der Waals surface area contributed by atoms with Gasteiger partial charge in [-0.15, -0.1) is 0 Å². The Labute approximate surface area is 134 Å². The third kappa shape index (κ3) is 2.29. The summed E-state index contributed by atoms with van der Waals surface area (Å²) in [6.45, 7) is 0.845. The molecule has 2 aromatic carbocycles. The first-order valence-electron chi connectivity index (χ1n) is 7.58. The van der Waals surface area contributed by atoms with Crippen LogP contribution in [0.25, 0.3) is 0 Å². The van der Waals surface area contributed by atoms with Crippen LogP contribution in [0.4, 0.5) is 0 Å². The summed E-state index contributed by atoms with van der Waals surface area (Å²) in [5.74, 6) is 2.01. The van der Waals surface area contributed by atoms with Gasteiger partial charge in [0.05, 0.1) is 13.0 Å². The summed E-state index contributed by atoms with van der Waals surface area (Å²) in [5.41, 5.74) is 1.97. The number of fused-ring (bicyclic) bond motifs is 1. The third-order valence-electron chi connectivity index (χ3n) is 4.48. The lowest BCUT2D eigenvalue weighted by atomic mass is 9.83. The van der Waals surface area contributed by atoms with Crippen molar-refractivity contribution in [3.05, 3.63) is 53.6 Å². The van der Waals surface area contributed by atoms with Gasteiger partial charge in [-0.2, -0.15) is 0 Å². The maximum atomic E-state index is 12.4. The van der Waals surface area contributed by atoms with E-state index in [9.17, 15) is 4.79 Å². The van der Waals surface area contributed by atoms with E-state index in [2.05, 4.69) is 5.32 Å². The Hall–Kier alpha value is -2.69. The molecular weight excluding hydrogens is 294 g/mol. The van der Waals surface area contributed by atoms with Gasteiger partial charge in [-0.3, -0.25) is 4.79 Å². The van der Waals surface area contributed by atoms with Gasteiger partial charge in [0.2, 0.25) is 12.7 Å². The van der Waals surface area contributed by atoms with Crippen LogP contribution < -0.4 is 19.5 Å². The molecule has 0 bridgehead atoms. The van der Waals surface area contributed by atoms with Gasteiger partial charge in [0, 0.05) is 18.0 Å². The van der Waals surface area contributed by atoms with E-state index in [0.717, 1.165) is 28.4 Å². The number of carbonyl (C=O) groups is 1. The highest BCUT2D eigenvalue weighted by molar-refractivity contribution is 5.88. The summed E-state index contributed by atoms with van der Waals surface area (Å²) in [5, 5.41) is 2.97. The molecule has 2 aromatic rings. The Balaban J connectivity index is 1.74. The number of carbonyl (C=O) groups excluding carboxylic acids is 1. The van der Waals surface area contributed by atoms with Crippen molar-refractivity contribution in [2.75, 3.05) is 20.4 Å². The smallest absolute Gasteiger partial charge is 0.231 e. The van der Waals surface area contributed by atoms with Gasteiger partial charge in [0.1, 0.15) is 5.75 Å². The van der Waals surface area contributed by atoms with Gasteiger partial charge in [0.25, 0.3) is 0 Å². The number of rotatable bonds is 3. The lowest BCUT2D eigenvalue weighted by Crippen LogP contribution is -2.18. The molecule has 0 aromatic heterocycles. The number of hydrogen-bond acceptors (Lipinski definition) is 4. The number of methoxy groups -OCH3 is 1. The molecule has 2 atom stereocenters. The molecule has 23 heavy (non-hydrogen) atoms. The molecule has 0 spiro atoms. The molecule has 2 aliphatic rings. The average Bonchev–Trinajstić information content (AvgIpc) is 3.20. The van der Waals surface area contributed by atoms with Crippen LogP contribution in [0.15, 0.2) is 42.5 Å². The monoisotopic (exact) mass is 311 g/mol. The zero-order chi connectivity index (χ0) is 15.8. The molecule has 5 heteroatoms. The van der Waals surface area contributed by atoms with Crippen molar-refractivity contribution in [3.8, 4) is 17.2 Å². The van der Waals surface area contributed by atoms with Gasteiger partial charge in [-0.1, -0.05) is 24.3 Å². The molecular formula is C18H17NO4. The van der Waals surface area contributed by atoms with Gasteiger partial charge in [-0.05, 0) is 23.8 Å². The molecule has 2 aliphatic heterocycles. The number of benzene rings is 2. The Morgan fingerprint density at radius 2 is 1.96 bits per heavy atom. The maximum absolute atomic E-state index is 12.4. The third-order valence-corrected chi connectivity index (χ3v) is 4.48. The standard InChI is InChI=1S/C18H17NO4/c1-21-14-5-3-2-4-12(14)17-13(9-19-18(17)20)11-6-7-15-16(8-11)23-10-22-15/h2-8,13,17H,9-10H2,1H3,(H,19,20)/t13-,17-/m1/s1.